The summed E-state index contributed by atoms with van der Waals surface area (Å²) in [5.41, 5.74) is 0.356. The molecule has 0 aliphatic heterocycles. The highest BCUT2D eigenvalue weighted by Crippen LogP contribution is 2.23. The van der Waals surface area contributed by atoms with Crippen LogP contribution >= 0.6 is 11.6 Å². The standard InChI is InChI=1S/C34H49ClO5/c1-5-6-7-8-9-10-11-12-13-25-38-29-21-23-31(24-22-29)39-33(36)28-17-19-30(20-18-28)40-34(37)32(35)27(4)16-14-15-26(2)3/h17-24,26-27,32H,5-16,25H2,1-4H3. The molecule has 0 bridgehead atoms. The van der Waals surface area contributed by atoms with Gasteiger partial charge in [0, 0.05) is 0 Å². The van der Waals surface area contributed by atoms with Gasteiger partial charge in [-0.1, -0.05) is 91.9 Å². The molecule has 0 aliphatic rings. The van der Waals surface area contributed by atoms with E-state index in [2.05, 4.69) is 20.8 Å². The third kappa shape index (κ3) is 13.7. The number of benzene rings is 2. The van der Waals surface area contributed by atoms with E-state index in [1.54, 1.807) is 36.4 Å². The van der Waals surface area contributed by atoms with Crippen molar-refractivity contribution in [3.63, 3.8) is 0 Å². The number of rotatable bonds is 20. The Morgan fingerprint density at radius 2 is 1.20 bits per heavy atom. The van der Waals surface area contributed by atoms with Gasteiger partial charge in [0.15, 0.2) is 0 Å². The lowest BCUT2D eigenvalue weighted by Crippen LogP contribution is -2.27. The van der Waals surface area contributed by atoms with Crippen LogP contribution in [0.15, 0.2) is 48.5 Å². The molecule has 0 saturated heterocycles. The lowest BCUT2D eigenvalue weighted by atomic mass is 9.97. The molecule has 40 heavy (non-hydrogen) atoms. The summed E-state index contributed by atoms with van der Waals surface area (Å²) < 4.78 is 16.7. The number of carbonyl (C=O) groups is 2. The highest BCUT2D eigenvalue weighted by Gasteiger charge is 2.24. The van der Waals surface area contributed by atoms with Crippen molar-refractivity contribution >= 4 is 23.5 Å². The molecule has 0 aromatic heterocycles. The molecule has 6 heteroatoms. The number of hydrogen-bond acceptors (Lipinski definition) is 5. The summed E-state index contributed by atoms with van der Waals surface area (Å²) in [6.07, 6.45) is 14.5. The Morgan fingerprint density at radius 3 is 1.80 bits per heavy atom. The molecule has 2 aromatic carbocycles. The molecule has 0 saturated carbocycles. The maximum Gasteiger partial charge on any atom is 0.343 e. The van der Waals surface area contributed by atoms with E-state index in [0.717, 1.165) is 31.4 Å². The molecule has 0 radical (unpaired) electrons. The minimum Gasteiger partial charge on any atom is -0.494 e. The minimum atomic E-state index is -0.714. The predicted octanol–water partition coefficient (Wildman–Crippen LogP) is 9.79. The average molecular weight is 573 g/mol. The second-order valence-electron chi connectivity index (χ2n) is 11.2. The van der Waals surface area contributed by atoms with Crippen LogP contribution in [-0.2, 0) is 4.79 Å². The van der Waals surface area contributed by atoms with Gasteiger partial charge in [-0.25, -0.2) is 4.79 Å². The van der Waals surface area contributed by atoms with Gasteiger partial charge in [-0.3, -0.25) is 4.79 Å². The van der Waals surface area contributed by atoms with Crippen LogP contribution in [0.4, 0.5) is 0 Å². The van der Waals surface area contributed by atoms with Gasteiger partial charge in [0.1, 0.15) is 22.6 Å². The molecule has 0 heterocycles. The van der Waals surface area contributed by atoms with E-state index in [1.807, 2.05) is 19.1 Å². The fourth-order valence-corrected chi connectivity index (χ4v) is 4.60. The molecule has 2 unspecified atom stereocenters. The van der Waals surface area contributed by atoms with Crippen molar-refractivity contribution in [3.8, 4) is 17.2 Å². The third-order valence-electron chi connectivity index (χ3n) is 7.03. The van der Waals surface area contributed by atoms with Crippen molar-refractivity contribution < 1.29 is 23.8 Å². The number of alkyl halides is 1. The lowest BCUT2D eigenvalue weighted by Gasteiger charge is -2.17. The normalized spacial score (nSPS) is 12.7. The fraction of sp³-hybridized carbons (Fsp3) is 0.588. The van der Waals surface area contributed by atoms with Crippen LogP contribution in [0, 0.1) is 11.8 Å². The Bertz CT molecular complexity index is 971. The highest BCUT2D eigenvalue weighted by molar-refractivity contribution is 6.30. The number of unbranched alkanes of at least 4 members (excludes halogenated alkanes) is 8. The Balaban J connectivity index is 1.69. The van der Waals surface area contributed by atoms with Gasteiger partial charge in [0.2, 0.25) is 0 Å². The molecule has 222 valence electrons. The molecule has 0 N–H and O–H groups in total. The van der Waals surface area contributed by atoms with E-state index in [0.29, 0.717) is 29.6 Å². The zero-order valence-corrected chi connectivity index (χ0v) is 25.7. The molecule has 0 fully saturated rings. The molecule has 0 amide bonds. The summed E-state index contributed by atoms with van der Waals surface area (Å²) in [4.78, 5) is 25.0. The Morgan fingerprint density at radius 1 is 0.675 bits per heavy atom. The van der Waals surface area contributed by atoms with Crippen LogP contribution in [0.3, 0.4) is 0 Å². The first-order valence-corrected chi connectivity index (χ1v) is 15.6. The fourth-order valence-electron chi connectivity index (χ4n) is 4.43. The van der Waals surface area contributed by atoms with Crippen molar-refractivity contribution in [2.45, 2.75) is 110 Å². The molecule has 5 nitrogen and oxygen atoms in total. The predicted molar refractivity (Wildman–Crippen MR) is 164 cm³/mol. The van der Waals surface area contributed by atoms with E-state index in [9.17, 15) is 9.59 Å². The zero-order chi connectivity index (χ0) is 29.2. The van der Waals surface area contributed by atoms with Gasteiger partial charge in [-0.2, -0.15) is 0 Å². The number of halogens is 1. The quantitative estimate of drug-likeness (QED) is 0.0683. The molecule has 0 spiro atoms. The van der Waals surface area contributed by atoms with Crippen LogP contribution in [0.25, 0.3) is 0 Å². The number of hydrogen-bond donors (Lipinski definition) is 0. The van der Waals surface area contributed by atoms with Crippen molar-refractivity contribution in [3.05, 3.63) is 54.1 Å². The van der Waals surface area contributed by atoms with Gasteiger partial charge in [-0.15, -0.1) is 11.6 Å². The maximum absolute atomic E-state index is 12.6. The lowest BCUT2D eigenvalue weighted by molar-refractivity contribution is -0.134. The van der Waals surface area contributed by atoms with E-state index in [-0.39, 0.29) is 5.92 Å². The summed E-state index contributed by atoms with van der Waals surface area (Å²) in [6, 6.07) is 13.4. The Labute approximate surface area is 246 Å². The monoisotopic (exact) mass is 572 g/mol. The minimum absolute atomic E-state index is 0.0221. The summed E-state index contributed by atoms with van der Waals surface area (Å²) in [5, 5.41) is -0.714. The van der Waals surface area contributed by atoms with E-state index < -0.39 is 17.3 Å². The molecular weight excluding hydrogens is 524 g/mol. The summed E-state index contributed by atoms with van der Waals surface area (Å²) in [7, 11) is 0. The summed E-state index contributed by atoms with van der Waals surface area (Å²) in [5.74, 6) is 1.23. The number of ether oxygens (including phenoxy) is 3. The SMILES string of the molecule is CCCCCCCCCCCOc1ccc(OC(=O)c2ccc(OC(=O)C(Cl)C(C)CCCC(C)C)cc2)cc1. The summed E-state index contributed by atoms with van der Waals surface area (Å²) in [6.45, 7) is 9.27. The van der Waals surface area contributed by atoms with E-state index >= 15 is 0 Å². The number of carbonyl (C=O) groups excluding carboxylic acids is 2. The van der Waals surface area contributed by atoms with Gasteiger partial charge in [0.05, 0.1) is 12.2 Å². The molecule has 2 rings (SSSR count). The summed E-state index contributed by atoms with van der Waals surface area (Å²) >= 11 is 6.34. The molecule has 2 atom stereocenters. The number of esters is 2. The first-order chi connectivity index (χ1) is 19.3. The largest absolute Gasteiger partial charge is 0.494 e. The van der Waals surface area contributed by atoms with Crippen LogP contribution in [-0.4, -0.2) is 23.9 Å². The Kier molecular flexibility index (Phi) is 16.4. The highest BCUT2D eigenvalue weighted by atomic mass is 35.5. The first kappa shape index (κ1) is 33.7. The van der Waals surface area contributed by atoms with E-state index in [4.69, 9.17) is 25.8 Å². The van der Waals surface area contributed by atoms with Gasteiger partial charge < -0.3 is 14.2 Å². The zero-order valence-electron chi connectivity index (χ0n) is 25.0. The van der Waals surface area contributed by atoms with Crippen LogP contribution in [0.1, 0.15) is 115 Å². The smallest absolute Gasteiger partial charge is 0.343 e. The van der Waals surface area contributed by atoms with Crippen molar-refractivity contribution in [2.75, 3.05) is 6.61 Å². The average Bonchev–Trinajstić information content (AvgIpc) is 2.94. The first-order valence-electron chi connectivity index (χ1n) is 15.2. The second-order valence-corrected chi connectivity index (χ2v) is 11.7. The van der Waals surface area contributed by atoms with Gasteiger partial charge in [-0.05, 0) is 73.2 Å². The third-order valence-corrected chi connectivity index (χ3v) is 7.63. The molecule has 0 aliphatic carbocycles. The Hall–Kier alpha value is -2.53. The van der Waals surface area contributed by atoms with E-state index in [1.165, 1.54) is 51.4 Å². The molecule has 2 aromatic rings. The van der Waals surface area contributed by atoms with Crippen molar-refractivity contribution in [1.29, 1.82) is 0 Å². The van der Waals surface area contributed by atoms with Crippen LogP contribution in [0.2, 0.25) is 0 Å². The molecular formula is C34H49ClO5. The van der Waals surface area contributed by atoms with Gasteiger partial charge in [0.25, 0.3) is 0 Å². The van der Waals surface area contributed by atoms with Crippen molar-refractivity contribution in [1.82, 2.24) is 0 Å². The second kappa shape index (κ2) is 19.5. The topological polar surface area (TPSA) is 61.8 Å². The maximum atomic E-state index is 12.6. The van der Waals surface area contributed by atoms with Crippen LogP contribution in [0.5, 0.6) is 17.2 Å². The van der Waals surface area contributed by atoms with Crippen LogP contribution < -0.4 is 14.2 Å². The van der Waals surface area contributed by atoms with Crippen molar-refractivity contribution in [2.24, 2.45) is 11.8 Å². The van der Waals surface area contributed by atoms with Gasteiger partial charge >= 0.3 is 11.9 Å².